The van der Waals surface area contributed by atoms with Crippen LogP contribution >= 0.6 is 0 Å². The van der Waals surface area contributed by atoms with Crippen LogP contribution in [0.2, 0.25) is 0 Å². The van der Waals surface area contributed by atoms with Gasteiger partial charge in [-0.1, -0.05) is 29.4 Å². The van der Waals surface area contributed by atoms with E-state index in [1.807, 2.05) is 24.3 Å². The monoisotopic (exact) mass is 441 g/mol. The number of anilines is 1. The third kappa shape index (κ3) is 3.57. The molecule has 0 amide bonds. The number of methoxy groups -OCH3 is 1. The number of para-hydroxylation sites is 1. The molecular weight excluding hydrogens is 418 g/mol. The van der Waals surface area contributed by atoms with E-state index >= 15 is 0 Å². The highest BCUT2D eigenvalue weighted by Gasteiger charge is 2.42. The van der Waals surface area contributed by atoms with Crippen molar-refractivity contribution in [3.8, 4) is 5.75 Å². The highest BCUT2D eigenvalue weighted by Crippen LogP contribution is 2.43. The third-order valence-electron chi connectivity index (χ3n) is 5.85. The fraction of sp³-hybridized carbons (Fsp3) is 0.364. The normalized spacial score (nSPS) is 19.4. The van der Waals surface area contributed by atoms with Crippen LogP contribution in [0.25, 0.3) is 0 Å². The van der Waals surface area contributed by atoms with Crippen LogP contribution in [-0.4, -0.2) is 38.9 Å². The van der Waals surface area contributed by atoms with Gasteiger partial charge in [0.2, 0.25) is 5.89 Å². The molecule has 0 aliphatic carbocycles. The summed E-state index contributed by atoms with van der Waals surface area (Å²) in [6, 6.07) is 13.4. The van der Waals surface area contributed by atoms with Gasteiger partial charge in [0.05, 0.1) is 17.7 Å². The standard InChI is InChI=1S/C22H23N3O5S/c1-28-17-6-4-7-18(14-17)31(26,27)25-19-8-3-2-5-16(19)13-20(25)21-23-22(30-24-21)15-9-11-29-12-10-15/h2-8,14-15,20H,9-13H2,1H3. The number of aromatic nitrogens is 2. The van der Waals surface area contributed by atoms with Gasteiger partial charge in [-0.25, -0.2) is 8.42 Å². The number of benzene rings is 2. The minimum atomic E-state index is -3.89. The molecule has 0 saturated carbocycles. The fourth-order valence-electron chi connectivity index (χ4n) is 4.22. The number of rotatable bonds is 5. The molecule has 1 unspecified atom stereocenters. The molecule has 0 spiro atoms. The number of ether oxygens (including phenoxy) is 2. The Labute approximate surface area is 180 Å². The zero-order valence-electron chi connectivity index (χ0n) is 17.1. The topological polar surface area (TPSA) is 94.8 Å². The summed E-state index contributed by atoms with van der Waals surface area (Å²) in [5.41, 5.74) is 1.56. The number of nitrogens with zero attached hydrogens (tertiary/aromatic N) is 3. The molecule has 2 aliphatic rings. The molecule has 3 aromatic rings. The van der Waals surface area contributed by atoms with Gasteiger partial charge in [-0.05, 0) is 36.6 Å². The molecule has 2 aliphatic heterocycles. The molecule has 0 N–H and O–H groups in total. The summed E-state index contributed by atoms with van der Waals surface area (Å²) in [7, 11) is -2.38. The maximum Gasteiger partial charge on any atom is 0.265 e. The molecule has 31 heavy (non-hydrogen) atoms. The van der Waals surface area contributed by atoms with Crippen molar-refractivity contribution in [1.29, 1.82) is 0 Å². The van der Waals surface area contributed by atoms with Crippen LogP contribution in [0.3, 0.4) is 0 Å². The average Bonchev–Trinajstić information content (AvgIpc) is 3.45. The SMILES string of the molecule is COc1cccc(S(=O)(=O)N2c3ccccc3CC2c2noc(C3CCOCC3)n2)c1. The second-order valence-electron chi connectivity index (χ2n) is 7.71. The zero-order chi connectivity index (χ0) is 21.4. The molecule has 162 valence electrons. The highest BCUT2D eigenvalue weighted by atomic mass is 32.2. The van der Waals surface area contributed by atoms with Crippen molar-refractivity contribution in [3.63, 3.8) is 0 Å². The summed E-state index contributed by atoms with van der Waals surface area (Å²) in [5, 5.41) is 4.19. The van der Waals surface area contributed by atoms with Gasteiger partial charge in [0.1, 0.15) is 11.8 Å². The van der Waals surface area contributed by atoms with E-state index in [-0.39, 0.29) is 10.8 Å². The van der Waals surface area contributed by atoms with Gasteiger partial charge in [-0.2, -0.15) is 4.98 Å². The Balaban J connectivity index is 1.55. The summed E-state index contributed by atoms with van der Waals surface area (Å²) in [6.45, 7) is 1.32. The van der Waals surface area contributed by atoms with Crippen molar-refractivity contribution < 1.29 is 22.4 Å². The predicted octanol–water partition coefficient (Wildman–Crippen LogP) is 3.46. The first-order valence-electron chi connectivity index (χ1n) is 10.3. The van der Waals surface area contributed by atoms with Crippen LogP contribution in [0.15, 0.2) is 57.9 Å². The predicted molar refractivity (Wildman–Crippen MR) is 113 cm³/mol. The Morgan fingerprint density at radius 1 is 1.10 bits per heavy atom. The Kier molecular flexibility index (Phi) is 5.15. The molecule has 1 atom stereocenters. The molecule has 5 rings (SSSR count). The molecule has 1 aromatic heterocycles. The van der Waals surface area contributed by atoms with E-state index in [0.29, 0.717) is 42.8 Å². The van der Waals surface area contributed by atoms with Crippen molar-refractivity contribution in [2.24, 2.45) is 0 Å². The van der Waals surface area contributed by atoms with E-state index in [1.54, 1.807) is 18.2 Å². The zero-order valence-corrected chi connectivity index (χ0v) is 17.9. The lowest BCUT2D eigenvalue weighted by Gasteiger charge is -2.25. The number of fused-ring (bicyclic) bond motifs is 1. The van der Waals surface area contributed by atoms with Gasteiger partial charge in [-0.3, -0.25) is 4.31 Å². The average molecular weight is 442 g/mol. The summed E-state index contributed by atoms with van der Waals surface area (Å²) >= 11 is 0. The van der Waals surface area contributed by atoms with Gasteiger partial charge in [0, 0.05) is 31.6 Å². The number of sulfonamides is 1. The highest BCUT2D eigenvalue weighted by molar-refractivity contribution is 7.92. The molecule has 1 saturated heterocycles. The van der Waals surface area contributed by atoms with Crippen molar-refractivity contribution in [3.05, 3.63) is 65.8 Å². The third-order valence-corrected chi connectivity index (χ3v) is 7.67. The van der Waals surface area contributed by atoms with Crippen molar-refractivity contribution in [2.45, 2.75) is 36.1 Å². The van der Waals surface area contributed by atoms with Crippen LogP contribution in [-0.2, 0) is 21.2 Å². The lowest BCUT2D eigenvalue weighted by molar-refractivity contribution is 0.0778. The van der Waals surface area contributed by atoms with Gasteiger partial charge in [0.15, 0.2) is 5.82 Å². The smallest absolute Gasteiger partial charge is 0.265 e. The minimum absolute atomic E-state index is 0.141. The van der Waals surface area contributed by atoms with Crippen LogP contribution in [0.5, 0.6) is 5.75 Å². The van der Waals surface area contributed by atoms with Gasteiger partial charge < -0.3 is 14.0 Å². The van der Waals surface area contributed by atoms with Crippen LogP contribution < -0.4 is 9.04 Å². The second kappa shape index (κ2) is 7.97. The van der Waals surface area contributed by atoms with Crippen LogP contribution in [0, 0.1) is 0 Å². The molecule has 1 fully saturated rings. The second-order valence-corrected chi connectivity index (χ2v) is 9.52. The van der Waals surface area contributed by atoms with Crippen molar-refractivity contribution >= 4 is 15.7 Å². The molecule has 9 heteroatoms. The summed E-state index contributed by atoms with van der Waals surface area (Å²) in [5.74, 6) is 1.55. The summed E-state index contributed by atoms with van der Waals surface area (Å²) < 4.78 is 45.1. The first kappa shape index (κ1) is 20.0. The summed E-state index contributed by atoms with van der Waals surface area (Å²) in [6.07, 6.45) is 2.11. The Morgan fingerprint density at radius 2 is 1.90 bits per heavy atom. The molecule has 2 aromatic carbocycles. The van der Waals surface area contributed by atoms with E-state index in [9.17, 15) is 8.42 Å². The van der Waals surface area contributed by atoms with Gasteiger partial charge in [-0.15, -0.1) is 0 Å². The number of hydrogen-bond donors (Lipinski definition) is 0. The molecule has 3 heterocycles. The fourth-order valence-corrected chi connectivity index (χ4v) is 5.90. The summed E-state index contributed by atoms with van der Waals surface area (Å²) in [4.78, 5) is 4.78. The molecular formula is C22H23N3O5S. The van der Waals surface area contributed by atoms with E-state index in [1.165, 1.54) is 17.5 Å². The van der Waals surface area contributed by atoms with E-state index in [0.717, 1.165) is 18.4 Å². The maximum absolute atomic E-state index is 13.7. The van der Waals surface area contributed by atoms with Crippen LogP contribution in [0.4, 0.5) is 5.69 Å². The Morgan fingerprint density at radius 3 is 2.71 bits per heavy atom. The minimum Gasteiger partial charge on any atom is -0.497 e. The van der Waals surface area contributed by atoms with Gasteiger partial charge in [0.25, 0.3) is 10.0 Å². The lowest BCUT2D eigenvalue weighted by Crippen LogP contribution is -2.33. The molecule has 8 nitrogen and oxygen atoms in total. The first-order chi connectivity index (χ1) is 15.1. The maximum atomic E-state index is 13.7. The largest absolute Gasteiger partial charge is 0.497 e. The number of hydrogen-bond acceptors (Lipinski definition) is 7. The molecule has 0 radical (unpaired) electrons. The van der Waals surface area contributed by atoms with Crippen molar-refractivity contribution in [1.82, 2.24) is 10.1 Å². The first-order valence-corrected chi connectivity index (χ1v) is 11.7. The van der Waals surface area contributed by atoms with Gasteiger partial charge >= 0.3 is 0 Å². The van der Waals surface area contributed by atoms with E-state index in [4.69, 9.17) is 14.0 Å². The lowest BCUT2D eigenvalue weighted by atomic mass is 10.0. The van der Waals surface area contributed by atoms with E-state index in [2.05, 4.69) is 10.1 Å². The Hall–Kier alpha value is -2.91. The van der Waals surface area contributed by atoms with Crippen molar-refractivity contribution in [2.75, 3.05) is 24.6 Å². The van der Waals surface area contributed by atoms with E-state index < -0.39 is 16.1 Å². The van der Waals surface area contributed by atoms with Crippen LogP contribution in [0.1, 0.15) is 42.1 Å². The molecule has 0 bridgehead atoms. The quantitative estimate of drug-likeness (QED) is 0.598. The Bertz CT molecular complexity index is 1190.